The van der Waals surface area contributed by atoms with E-state index in [1.54, 1.807) is 27.9 Å². The van der Waals surface area contributed by atoms with E-state index in [4.69, 9.17) is 23.8 Å². The minimum atomic E-state index is -0.446. The number of aromatic nitrogens is 2. The lowest BCUT2D eigenvalue weighted by Crippen LogP contribution is -2.31. The Bertz CT molecular complexity index is 681. The molecule has 7 nitrogen and oxygen atoms in total. The highest BCUT2D eigenvalue weighted by Gasteiger charge is 2.12. The third-order valence-corrected chi connectivity index (χ3v) is 3.80. The first kappa shape index (κ1) is 16.2. The lowest BCUT2D eigenvalue weighted by atomic mass is 10.3. The Morgan fingerprint density at radius 2 is 2.14 bits per heavy atom. The SMILES string of the molecule is CN(Cc1c(Cl)cnn1C)C(=S)Nc1ccc([N+](=O)[O-])cc1. The van der Waals surface area contributed by atoms with E-state index in [9.17, 15) is 10.1 Å². The van der Waals surface area contributed by atoms with Gasteiger partial charge in [0, 0.05) is 31.9 Å². The highest BCUT2D eigenvalue weighted by Crippen LogP contribution is 2.18. The third-order valence-electron chi connectivity index (χ3n) is 3.07. The molecule has 1 N–H and O–H groups in total. The van der Waals surface area contributed by atoms with Crippen LogP contribution >= 0.6 is 23.8 Å². The quantitative estimate of drug-likeness (QED) is 0.524. The van der Waals surface area contributed by atoms with Crippen LogP contribution in [0.1, 0.15) is 5.69 Å². The highest BCUT2D eigenvalue weighted by atomic mass is 35.5. The monoisotopic (exact) mass is 339 g/mol. The molecule has 0 radical (unpaired) electrons. The summed E-state index contributed by atoms with van der Waals surface area (Å²) < 4.78 is 1.69. The summed E-state index contributed by atoms with van der Waals surface area (Å²) in [6.07, 6.45) is 1.58. The average Bonchev–Trinajstić information content (AvgIpc) is 2.79. The van der Waals surface area contributed by atoms with Crippen LogP contribution in [0.2, 0.25) is 5.02 Å². The number of halogens is 1. The van der Waals surface area contributed by atoms with Gasteiger partial charge in [0.15, 0.2) is 5.11 Å². The van der Waals surface area contributed by atoms with Crippen molar-refractivity contribution in [2.45, 2.75) is 6.54 Å². The van der Waals surface area contributed by atoms with Gasteiger partial charge in [-0.05, 0) is 24.4 Å². The van der Waals surface area contributed by atoms with Gasteiger partial charge in [0.25, 0.3) is 5.69 Å². The Hall–Kier alpha value is -2.19. The first-order valence-corrected chi connectivity index (χ1v) is 7.10. The number of non-ortho nitro benzene ring substituents is 1. The molecule has 116 valence electrons. The molecule has 2 rings (SSSR count). The van der Waals surface area contributed by atoms with Crippen LogP contribution in [0.25, 0.3) is 0 Å². The number of nitro groups is 1. The molecule has 2 aromatic rings. The third kappa shape index (κ3) is 3.71. The predicted molar refractivity (Wildman–Crippen MR) is 89.0 cm³/mol. The number of rotatable bonds is 4. The van der Waals surface area contributed by atoms with Gasteiger partial charge >= 0.3 is 0 Å². The van der Waals surface area contributed by atoms with Crippen LogP contribution in [0.15, 0.2) is 30.5 Å². The number of thiocarbonyl (C=S) groups is 1. The molecule has 0 amide bonds. The molecule has 0 bridgehead atoms. The second kappa shape index (κ2) is 6.71. The maximum atomic E-state index is 10.6. The lowest BCUT2D eigenvalue weighted by molar-refractivity contribution is -0.384. The van der Waals surface area contributed by atoms with E-state index in [2.05, 4.69) is 10.4 Å². The molecular formula is C13H14ClN5O2S. The van der Waals surface area contributed by atoms with E-state index in [-0.39, 0.29) is 5.69 Å². The van der Waals surface area contributed by atoms with Gasteiger partial charge in [0.2, 0.25) is 0 Å². The molecule has 1 aromatic carbocycles. The van der Waals surface area contributed by atoms with E-state index < -0.39 is 4.92 Å². The predicted octanol–water partition coefficient (Wildman–Crippen LogP) is 2.81. The summed E-state index contributed by atoms with van der Waals surface area (Å²) in [6, 6.07) is 6.05. The van der Waals surface area contributed by atoms with Crippen molar-refractivity contribution in [2.24, 2.45) is 7.05 Å². The number of anilines is 1. The number of hydrogen-bond acceptors (Lipinski definition) is 4. The maximum absolute atomic E-state index is 10.6. The molecule has 1 aromatic heterocycles. The van der Waals surface area contributed by atoms with Gasteiger partial charge < -0.3 is 10.2 Å². The van der Waals surface area contributed by atoms with Crippen molar-refractivity contribution in [3.05, 3.63) is 51.3 Å². The summed E-state index contributed by atoms with van der Waals surface area (Å²) in [5.41, 5.74) is 1.56. The number of benzene rings is 1. The normalized spacial score (nSPS) is 10.3. The maximum Gasteiger partial charge on any atom is 0.269 e. The standard InChI is InChI=1S/C13H14ClN5O2S/c1-17(8-12-11(14)7-15-18(12)2)13(22)16-9-3-5-10(6-4-9)19(20)21/h3-7H,8H2,1-2H3,(H,16,22). The molecule has 1 heterocycles. The number of nitrogens with one attached hydrogen (secondary N) is 1. The van der Waals surface area contributed by atoms with Crippen LogP contribution < -0.4 is 5.32 Å². The number of nitrogens with zero attached hydrogens (tertiary/aromatic N) is 4. The van der Waals surface area contributed by atoms with Crippen LogP contribution in [-0.4, -0.2) is 31.8 Å². The summed E-state index contributed by atoms with van der Waals surface area (Å²) in [4.78, 5) is 12.0. The first-order valence-electron chi connectivity index (χ1n) is 6.31. The minimum absolute atomic E-state index is 0.0338. The fourth-order valence-corrected chi connectivity index (χ4v) is 2.20. The minimum Gasteiger partial charge on any atom is -0.346 e. The summed E-state index contributed by atoms with van der Waals surface area (Å²) in [6.45, 7) is 0.494. The van der Waals surface area contributed by atoms with Crippen LogP contribution in [0, 0.1) is 10.1 Å². The van der Waals surface area contributed by atoms with Crippen LogP contribution in [0.4, 0.5) is 11.4 Å². The summed E-state index contributed by atoms with van der Waals surface area (Å²) in [5, 5.41) is 18.8. The highest BCUT2D eigenvalue weighted by molar-refractivity contribution is 7.80. The average molecular weight is 340 g/mol. The molecule has 0 aliphatic carbocycles. The van der Waals surface area contributed by atoms with Gasteiger partial charge in [0.1, 0.15) is 0 Å². The van der Waals surface area contributed by atoms with E-state index >= 15 is 0 Å². The molecule has 0 saturated heterocycles. The number of nitro benzene ring substituents is 1. The Labute approximate surface area is 137 Å². The molecule has 0 spiro atoms. The van der Waals surface area contributed by atoms with Crippen molar-refractivity contribution in [2.75, 3.05) is 12.4 Å². The smallest absolute Gasteiger partial charge is 0.269 e. The molecular weight excluding hydrogens is 326 g/mol. The van der Waals surface area contributed by atoms with E-state index in [1.165, 1.54) is 12.1 Å². The molecule has 0 saturated carbocycles. The first-order chi connectivity index (χ1) is 10.4. The molecule has 0 aliphatic rings. The van der Waals surface area contributed by atoms with Crippen molar-refractivity contribution >= 4 is 40.3 Å². The zero-order valence-corrected chi connectivity index (χ0v) is 13.6. The number of hydrogen-bond donors (Lipinski definition) is 1. The topological polar surface area (TPSA) is 76.2 Å². The fraction of sp³-hybridized carbons (Fsp3) is 0.231. The molecule has 9 heteroatoms. The van der Waals surface area contributed by atoms with E-state index in [0.29, 0.717) is 22.4 Å². The largest absolute Gasteiger partial charge is 0.346 e. The zero-order chi connectivity index (χ0) is 16.3. The van der Waals surface area contributed by atoms with Crippen molar-refractivity contribution in [3.63, 3.8) is 0 Å². The van der Waals surface area contributed by atoms with Gasteiger partial charge in [-0.15, -0.1) is 0 Å². The van der Waals surface area contributed by atoms with Gasteiger partial charge in [0.05, 0.1) is 28.4 Å². The Balaban J connectivity index is 2.01. The van der Waals surface area contributed by atoms with Crippen molar-refractivity contribution in [1.82, 2.24) is 14.7 Å². The Kier molecular flexibility index (Phi) is 4.94. The summed E-state index contributed by atoms with van der Waals surface area (Å²) >= 11 is 11.4. The van der Waals surface area contributed by atoms with E-state index in [0.717, 1.165) is 5.69 Å². The molecule has 0 fully saturated rings. The van der Waals surface area contributed by atoms with Gasteiger partial charge in [-0.1, -0.05) is 11.6 Å². The second-order valence-corrected chi connectivity index (χ2v) is 5.45. The van der Waals surface area contributed by atoms with Crippen molar-refractivity contribution < 1.29 is 4.92 Å². The van der Waals surface area contributed by atoms with Crippen molar-refractivity contribution in [1.29, 1.82) is 0 Å². The lowest BCUT2D eigenvalue weighted by Gasteiger charge is -2.21. The molecule has 0 unspecified atom stereocenters. The van der Waals surface area contributed by atoms with Crippen LogP contribution in [0.3, 0.4) is 0 Å². The zero-order valence-electron chi connectivity index (χ0n) is 12.0. The second-order valence-electron chi connectivity index (χ2n) is 4.65. The van der Waals surface area contributed by atoms with E-state index in [1.807, 2.05) is 14.1 Å². The van der Waals surface area contributed by atoms with Crippen LogP contribution in [-0.2, 0) is 13.6 Å². The summed E-state index contributed by atoms with van der Waals surface area (Å²) in [7, 11) is 3.63. The molecule has 0 aliphatic heterocycles. The van der Waals surface area contributed by atoms with Gasteiger partial charge in [-0.3, -0.25) is 14.8 Å². The fourth-order valence-electron chi connectivity index (χ4n) is 1.80. The van der Waals surface area contributed by atoms with Crippen LogP contribution in [0.5, 0.6) is 0 Å². The summed E-state index contributed by atoms with van der Waals surface area (Å²) in [5.74, 6) is 0. The number of aryl methyl sites for hydroxylation is 1. The van der Waals surface area contributed by atoms with Crippen molar-refractivity contribution in [3.8, 4) is 0 Å². The molecule has 22 heavy (non-hydrogen) atoms. The van der Waals surface area contributed by atoms with Gasteiger partial charge in [-0.2, -0.15) is 5.10 Å². The Morgan fingerprint density at radius 3 is 2.64 bits per heavy atom. The molecule has 0 atom stereocenters. The van der Waals surface area contributed by atoms with Gasteiger partial charge in [-0.25, -0.2) is 0 Å². The Morgan fingerprint density at radius 1 is 1.50 bits per heavy atom.